The molecule has 0 fully saturated rings. The van der Waals surface area contributed by atoms with Gasteiger partial charge in [0.25, 0.3) is 0 Å². The van der Waals surface area contributed by atoms with E-state index in [4.69, 9.17) is 0 Å². The fourth-order valence-corrected chi connectivity index (χ4v) is 2.50. The van der Waals surface area contributed by atoms with Crippen molar-refractivity contribution in [3.05, 3.63) is 58.7 Å². The minimum Gasteiger partial charge on any atom is -0.347 e. The van der Waals surface area contributed by atoms with Crippen LogP contribution < -0.4 is 5.32 Å². The first-order valence-electron chi connectivity index (χ1n) is 6.04. The lowest BCUT2D eigenvalue weighted by Crippen LogP contribution is -2.13. The van der Waals surface area contributed by atoms with Crippen molar-refractivity contribution in [2.75, 3.05) is 0 Å². The maximum absolute atomic E-state index is 4.47. The molecule has 0 aliphatic heterocycles. The molecule has 96 valence electrons. The zero-order chi connectivity index (χ0) is 13.1. The quantitative estimate of drug-likeness (QED) is 0.778. The number of hydrogen-bond donors (Lipinski definition) is 2. The lowest BCUT2D eigenvalue weighted by molar-refractivity contribution is 0.684. The molecule has 1 aromatic carbocycles. The summed E-state index contributed by atoms with van der Waals surface area (Å²) in [6.07, 6.45) is 5.34. The average molecular weight is 317 g/mol. The molecule has 0 bridgehead atoms. The molecule has 2 N–H and O–H groups in total. The Morgan fingerprint density at radius 3 is 3.00 bits per heavy atom. The van der Waals surface area contributed by atoms with Crippen molar-refractivity contribution < 1.29 is 0 Å². The fourth-order valence-electron chi connectivity index (χ4n) is 2.05. The summed E-state index contributed by atoms with van der Waals surface area (Å²) in [5.74, 6) is 0. The Morgan fingerprint density at radius 1 is 1.21 bits per heavy atom. The van der Waals surface area contributed by atoms with E-state index in [1.54, 1.807) is 6.33 Å². The molecule has 0 aliphatic carbocycles. The van der Waals surface area contributed by atoms with E-state index in [1.165, 1.54) is 5.56 Å². The molecular formula is C14H13BrN4. The fraction of sp³-hybridized carbons (Fsp3) is 0.143. The number of H-pyrrole nitrogens is 1. The lowest BCUT2D eigenvalue weighted by atomic mass is 10.1. The summed E-state index contributed by atoms with van der Waals surface area (Å²) >= 11 is 3.56. The third-order valence-corrected chi connectivity index (χ3v) is 3.68. The van der Waals surface area contributed by atoms with Crippen LogP contribution in [0.3, 0.4) is 0 Å². The highest BCUT2D eigenvalue weighted by molar-refractivity contribution is 9.10. The van der Waals surface area contributed by atoms with Gasteiger partial charge in [-0.05, 0) is 17.7 Å². The van der Waals surface area contributed by atoms with Gasteiger partial charge in [-0.3, -0.25) is 4.98 Å². The number of hydrogen-bond acceptors (Lipinski definition) is 3. The molecule has 0 saturated heterocycles. The number of fused-ring (bicyclic) bond motifs is 1. The van der Waals surface area contributed by atoms with E-state index in [2.05, 4.69) is 54.4 Å². The SMILES string of the molecule is Brc1ccc(CNCc2cnc[nH]2)c2ncccc12. The number of nitrogens with one attached hydrogen (secondary N) is 2. The summed E-state index contributed by atoms with van der Waals surface area (Å²) in [7, 11) is 0. The Hall–Kier alpha value is -1.72. The molecule has 2 aromatic heterocycles. The number of pyridine rings is 1. The first-order chi connectivity index (χ1) is 9.34. The molecule has 0 unspecified atom stereocenters. The highest BCUT2D eigenvalue weighted by Crippen LogP contribution is 2.25. The van der Waals surface area contributed by atoms with Gasteiger partial charge in [-0.1, -0.05) is 28.1 Å². The van der Waals surface area contributed by atoms with E-state index in [9.17, 15) is 0 Å². The smallest absolute Gasteiger partial charge is 0.0922 e. The van der Waals surface area contributed by atoms with Crippen LogP contribution in [0.4, 0.5) is 0 Å². The molecule has 0 amide bonds. The van der Waals surface area contributed by atoms with Gasteiger partial charge in [-0.15, -0.1) is 0 Å². The first-order valence-corrected chi connectivity index (χ1v) is 6.84. The Kier molecular flexibility index (Phi) is 3.57. The largest absolute Gasteiger partial charge is 0.347 e. The molecule has 0 spiro atoms. The molecule has 19 heavy (non-hydrogen) atoms. The van der Waals surface area contributed by atoms with Crippen molar-refractivity contribution in [1.82, 2.24) is 20.3 Å². The maximum Gasteiger partial charge on any atom is 0.0922 e. The van der Waals surface area contributed by atoms with Crippen LogP contribution in [-0.4, -0.2) is 15.0 Å². The third kappa shape index (κ3) is 2.67. The van der Waals surface area contributed by atoms with Crippen molar-refractivity contribution >= 4 is 26.8 Å². The number of imidazole rings is 1. The summed E-state index contributed by atoms with van der Waals surface area (Å²) in [5, 5.41) is 4.53. The maximum atomic E-state index is 4.47. The van der Waals surface area contributed by atoms with Crippen LogP contribution in [0, 0.1) is 0 Å². The second kappa shape index (κ2) is 5.50. The topological polar surface area (TPSA) is 53.6 Å². The van der Waals surface area contributed by atoms with Gasteiger partial charge in [0.05, 0.1) is 11.8 Å². The van der Waals surface area contributed by atoms with Crippen LogP contribution in [0.15, 0.2) is 47.5 Å². The van der Waals surface area contributed by atoms with E-state index in [-0.39, 0.29) is 0 Å². The van der Waals surface area contributed by atoms with Crippen molar-refractivity contribution in [3.8, 4) is 0 Å². The summed E-state index contributed by atoms with van der Waals surface area (Å²) in [6.45, 7) is 1.55. The van der Waals surface area contributed by atoms with Gasteiger partial charge in [0, 0.05) is 41.0 Å². The number of rotatable bonds is 4. The van der Waals surface area contributed by atoms with E-state index < -0.39 is 0 Å². The highest BCUT2D eigenvalue weighted by atomic mass is 79.9. The minimum absolute atomic E-state index is 0.768. The number of aromatic amines is 1. The third-order valence-electron chi connectivity index (χ3n) is 2.99. The van der Waals surface area contributed by atoms with Crippen LogP contribution in [-0.2, 0) is 13.1 Å². The van der Waals surface area contributed by atoms with Gasteiger partial charge in [0.2, 0.25) is 0 Å². The number of nitrogens with zero attached hydrogens (tertiary/aromatic N) is 2. The van der Waals surface area contributed by atoms with Crippen LogP contribution in [0.5, 0.6) is 0 Å². The van der Waals surface area contributed by atoms with E-state index in [0.717, 1.165) is 34.2 Å². The predicted molar refractivity (Wildman–Crippen MR) is 78.6 cm³/mol. The van der Waals surface area contributed by atoms with Crippen molar-refractivity contribution in [2.24, 2.45) is 0 Å². The van der Waals surface area contributed by atoms with E-state index in [1.807, 2.05) is 18.5 Å². The van der Waals surface area contributed by atoms with Gasteiger partial charge in [-0.25, -0.2) is 4.98 Å². The van der Waals surface area contributed by atoms with Crippen LogP contribution in [0.2, 0.25) is 0 Å². The molecule has 5 heteroatoms. The van der Waals surface area contributed by atoms with Gasteiger partial charge < -0.3 is 10.3 Å². The molecule has 4 nitrogen and oxygen atoms in total. The summed E-state index contributed by atoms with van der Waals surface area (Å²) in [6, 6.07) is 8.19. The Morgan fingerprint density at radius 2 is 2.16 bits per heavy atom. The van der Waals surface area contributed by atoms with Crippen molar-refractivity contribution in [3.63, 3.8) is 0 Å². The zero-order valence-electron chi connectivity index (χ0n) is 10.2. The van der Waals surface area contributed by atoms with Gasteiger partial charge in [-0.2, -0.15) is 0 Å². The molecule has 2 heterocycles. The summed E-state index contributed by atoms with van der Waals surface area (Å²) in [5.41, 5.74) is 3.31. The molecular weight excluding hydrogens is 304 g/mol. The highest BCUT2D eigenvalue weighted by Gasteiger charge is 2.05. The lowest BCUT2D eigenvalue weighted by Gasteiger charge is -2.08. The first kappa shape index (κ1) is 12.3. The summed E-state index contributed by atoms with van der Waals surface area (Å²) in [4.78, 5) is 11.5. The Bertz CT molecular complexity index is 679. The van der Waals surface area contributed by atoms with E-state index in [0.29, 0.717) is 0 Å². The van der Waals surface area contributed by atoms with Gasteiger partial charge >= 0.3 is 0 Å². The molecule has 3 aromatic rings. The van der Waals surface area contributed by atoms with E-state index >= 15 is 0 Å². The van der Waals surface area contributed by atoms with Gasteiger partial charge in [0.15, 0.2) is 0 Å². The number of aromatic nitrogens is 3. The molecule has 0 atom stereocenters. The molecule has 3 rings (SSSR count). The number of halogens is 1. The molecule has 0 radical (unpaired) electrons. The minimum atomic E-state index is 0.768. The Balaban J connectivity index is 1.79. The predicted octanol–water partition coefficient (Wildman–Crippen LogP) is 3.01. The average Bonchev–Trinajstić information content (AvgIpc) is 2.95. The normalized spacial score (nSPS) is 11.0. The standard InChI is InChI=1S/C14H13BrN4/c15-13-4-3-10(14-12(13)2-1-5-18-14)6-16-7-11-8-17-9-19-11/h1-5,8-9,16H,6-7H2,(H,17,19). The molecule has 0 saturated carbocycles. The molecule has 0 aliphatic rings. The van der Waals surface area contributed by atoms with Crippen LogP contribution in [0.25, 0.3) is 10.9 Å². The van der Waals surface area contributed by atoms with Crippen molar-refractivity contribution in [1.29, 1.82) is 0 Å². The monoisotopic (exact) mass is 316 g/mol. The van der Waals surface area contributed by atoms with Crippen molar-refractivity contribution in [2.45, 2.75) is 13.1 Å². The van der Waals surface area contributed by atoms with Crippen LogP contribution in [0.1, 0.15) is 11.3 Å². The van der Waals surface area contributed by atoms with Gasteiger partial charge in [0.1, 0.15) is 0 Å². The number of benzene rings is 1. The summed E-state index contributed by atoms with van der Waals surface area (Å²) < 4.78 is 1.08. The zero-order valence-corrected chi connectivity index (χ0v) is 11.8. The second-order valence-electron chi connectivity index (χ2n) is 4.29. The van der Waals surface area contributed by atoms with Crippen LogP contribution >= 0.6 is 15.9 Å². The Labute approximate surface area is 119 Å². The second-order valence-corrected chi connectivity index (χ2v) is 5.14.